The molecular formula is C17H14N2O3. The quantitative estimate of drug-likeness (QED) is 0.550. The predicted octanol–water partition coefficient (Wildman–Crippen LogP) is 3.00. The molecule has 22 heavy (non-hydrogen) atoms. The van der Waals surface area contributed by atoms with Crippen LogP contribution in [0.5, 0.6) is 5.75 Å². The Balaban J connectivity index is 1.88. The number of ether oxygens (including phenoxy) is 1. The number of ketones is 1. The molecule has 0 saturated heterocycles. The van der Waals surface area contributed by atoms with Crippen LogP contribution >= 0.6 is 0 Å². The molecule has 5 nitrogen and oxygen atoms in total. The first kappa shape index (κ1) is 14.0. The summed E-state index contributed by atoms with van der Waals surface area (Å²) in [6.45, 7) is 1.46. The van der Waals surface area contributed by atoms with Crippen LogP contribution in [0.25, 0.3) is 10.9 Å². The van der Waals surface area contributed by atoms with E-state index in [-0.39, 0.29) is 5.78 Å². The first-order valence-electron chi connectivity index (χ1n) is 6.79. The lowest BCUT2D eigenvalue weighted by Crippen LogP contribution is -2.12. The number of carbonyl (C=O) groups is 2. The molecular weight excluding hydrogens is 280 g/mol. The Labute approximate surface area is 127 Å². The number of para-hydroxylation sites is 1. The van der Waals surface area contributed by atoms with Crippen molar-refractivity contribution in [2.75, 3.05) is 0 Å². The molecule has 0 spiro atoms. The van der Waals surface area contributed by atoms with Crippen molar-refractivity contribution in [1.82, 2.24) is 9.55 Å². The largest absolute Gasteiger partial charge is 0.420 e. The number of nitrogens with zero attached hydrogens (tertiary/aromatic N) is 2. The highest BCUT2D eigenvalue weighted by Crippen LogP contribution is 2.19. The van der Waals surface area contributed by atoms with Crippen LogP contribution in [0.3, 0.4) is 0 Å². The molecule has 1 aromatic carbocycles. The van der Waals surface area contributed by atoms with Crippen molar-refractivity contribution < 1.29 is 14.3 Å². The van der Waals surface area contributed by atoms with E-state index in [2.05, 4.69) is 4.98 Å². The van der Waals surface area contributed by atoms with E-state index in [4.69, 9.17) is 4.74 Å². The lowest BCUT2D eigenvalue weighted by Gasteiger charge is -2.05. The molecule has 2 heterocycles. The molecule has 3 rings (SSSR count). The zero-order valence-corrected chi connectivity index (χ0v) is 12.2. The molecule has 0 bridgehead atoms. The predicted molar refractivity (Wildman–Crippen MR) is 82.1 cm³/mol. The fourth-order valence-electron chi connectivity index (χ4n) is 2.23. The van der Waals surface area contributed by atoms with Crippen molar-refractivity contribution in [2.45, 2.75) is 6.92 Å². The minimum absolute atomic E-state index is 0.0954. The first-order valence-corrected chi connectivity index (χ1v) is 6.79. The third kappa shape index (κ3) is 2.61. The van der Waals surface area contributed by atoms with Crippen LogP contribution in [0.15, 0.2) is 48.8 Å². The van der Waals surface area contributed by atoms with Crippen LogP contribution in [0.2, 0.25) is 0 Å². The van der Waals surface area contributed by atoms with Crippen molar-refractivity contribution in [2.24, 2.45) is 7.05 Å². The molecule has 0 saturated carbocycles. The maximum atomic E-state index is 12.2. The number of carbonyl (C=O) groups excluding carboxylic acids is 2. The molecule has 0 unspecified atom stereocenters. The average Bonchev–Trinajstić information content (AvgIpc) is 2.89. The Bertz CT molecular complexity index is 880. The molecule has 2 aromatic heterocycles. The summed E-state index contributed by atoms with van der Waals surface area (Å²) in [6.07, 6.45) is 3.12. The van der Waals surface area contributed by atoms with Crippen LogP contribution in [-0.4, -0.2) is 21.3 Å². The molecule has 3 aromatic rings. The second-order valence-corrected chi connectivity index (χ2v) is 5.03. The summed E-state index contributed by atoms with van der Waals surface area (Å²) in [5.41, 5.74) is 1.63. The van der Waals surface area contributed by atoms with Gasteiger partial charge in [0.15, 0.2) is 5.78 Å². The Morgan fingerprint density at radius 2 is 1.95 bits per heavy atom. The summed E-state index contributed by atoms with van der Waals surface area (Å²) >= 11 is 0. The fraction of sp³-hybridized carbons (Fsp3) is 0.118. The average molecular weight is 294 g/mol. The fourth-order valence-corrected chi connectivity index (χ4v) is 2.23. The van der Waals surface area contributed by atoms with Gasteiger partial charge in [-0.3, -0.25) is 9.78 Å². The van der Waals surface area contributed by atoms with Crippen LogP contribution in [-0.2, 0) is 7.05 Å². The number of benzene rings is 1. The van der Waals surface area contributed by atoms with Gasteiger partial charge in [0.2, 0.25) is 0 Å². The van der Waals surface area contributed by atoms with E-state index in [0.29, 0.717) is 17.0 Å². The van der Waals surface area contributed by atoms with Crippen molar-refractivity contribution in [3.63, 3.8) is 0 Å². The van der Waals surface area contributed by atoms with Gasteiger partial charge in [0.05, 0.1) is 11.7 Å². The van der Waals surface area contributed by atoms with Crippen molar-refractivity contribution in [3.8, 4) is 5.75 Å². The molecule has 0 atom stereocenters. The van der Waals surface area contributed by atoms with Crippen molar-refractivity contribution >= 4 is 22.7 Å². The monoisotopic (exact) mass is 294 g/mol. The van der Waals surface area contributed by atoms with E-state index in [1.54, 1.807) is 23.9 Å². The Morgan fingerprint density at radius 1 is 1.18 bits per heavy atom. The number of hydrogen-bond acceptors (Lipinski definition) is 4. The number of fused-ring (bicyclic) bond motifs is 1. The number of aromatic nitrogens is 2. The highest BCUT2D eigenvalue weighted by atomic mass is 16.5. The number of esters is 1. The smallest absolute Gasteiger partial charge is 0.360 e. The topological polar surface area (TPSA) is 61.2 Å². The molecule has 5 heteroatoms. The Hall–Kier alpha value is -2.95. The highest BCUT2D eigenvalue weighted by Gasteiger charge is 2.16. The zero-order valence-electron chi connectivity index (χ0n) is 12.2. The molecule has 0 aliphatic rings. The third-order valence-corrected chi connectivity index (χ3v) is 3.40. The summed E-state index contributed by atoms with van der Waals surface area (Å²) in [5, 5.41) is 0.893. The van der Waals surface area contributed by atoms with E-state index in [0.717, 1.165) is 10.9 Å². The van der Waals surface area contributed by atoms with Gasteiger partial charge in [-0.05, 0) is 25.1 Å². The Morgan fingerprint density at radius 3 is 2.68 bits per heavy atom. The van der Waals surface area contributed by atoms with Gasteiger partial charge in [0.25, 0.3) is 0 Å². The summed E-state index contributed by atoms with van der Waals surface area (Å²) in [6, 6.07) is 10.9. The van der Waals surface area contributed by atoms with E-state index in [1.807, 2.05) is 24.3 Å². The SMILES string of the molecule is CC(=O)c1cc(C(=O)Oc2cnc3ccccc3c2)n(C)c1. The summed E-state index contributed by atoms with van der Waals surface area (Å²) in [4.78, 5) is 27.8. The van der Waals surface area contributed by atoms with Gasteiger partial charge >= 0.3 is 5.97 Å². The molecule has 0 aliphatic heterocycles. The lowest BCUT2D eigenvalue weighted by molar-refractivity contribution is 0.0724. The van der Waals surface area contributed by atoms with Crippen LogP contribution in [0.1, 0.15) is 27.8 Å². The van der Waals surface area contributed by atoms with Gasteiger partial charge in [-0.15, -0.1) is 0 Å². The van der Waals surface area contributed by atoms with Crippen LogP contribution < -0.4 is 4.74 Å². The van der Waals surface area contributed by atoms with Crippen LogP contribution in [0.4, 0.5) is 0 Å². The standard InChI is InChI=1S/C17H14N2O3/c1-11(20)13-8-16(19(2)10-13)17(21)22-14-7-12-5-3-4-6-15(12)18-9-14/h3-10H,1-2H3. The highest BCUT2D eigenvalue weighted by molar-refractivity contribution is 5.98. The summed E-state index contributed by atoms with van der Waals surface area (Å²) in [5.74, 6) is -0.247. The number of Topliss-reactive ketones (excluding diaryl/α,β-unsaturated/α-hetero) is 1. The molecule has 0 fully saturated rings. The normalized spacial score (nSPS) is 10.6. The molecule has 0 N–H and O–H groups in total. The Kier molecular flexibility index (Phi) is 3.47. The van der Waals surface area contributed by atoms with E-state index >= 15 is 0 Å². The number of rotatable bonds is 3. The zero-order chi connectivity index (χ0) is 15.7. The molecule has 0 amide bonds. The van der Waals surface area contributed by atoms with Gasteiger partial charge < -0.3 is 9.30 Å². The van der Waals surface area contributed by atoms with E-state index in [9.17, 15) is 9.59 Å². The minimum atomic E-state index is -0.521. The van der Waals surface area contributed by atoms with Gasteiger partial charge in [0.1, 0.15) is 11.4 Å². The van der Waals surface area contributed by atoms with Crippen molar-refractivity contribution in [1.29, 1.82) is 0 Å². The number of hydrogen-bond donors (Lipinski definition) is 0. The molecule has 110 valence electrons. The summed E-state index contributed by atoms with van der Waals surface area (Å²) < 4.78 is 6.93. The number of pyridine rings is 1. The van der Waals surface area contributed by atoms with E-state index < -0.39 is 5.97 Å². The second-order valence-electron chi connectivity index (χ2n) is 5.03. The van der Waals surface area contributed by atoms with Gasteiger partial charge in [-0.1, -0.05) is 18.2 Å². The maximum Gasteiger partial charge on any atom is 0.360 e. The van der Waals surface area contributed by atoms with Gasteiger partial charge in [-0.2, -0.15) is 0 Å². The number of aryl methyl sites for hydroxylation is 1. The minimum Gasteiger partial charge on any atom is -0.420 e. The second kappa shape index (κ2) is 5.44. The summed E-state index contributed by atoms with van der Waals surface area (Å²) in [7, 11) is 1.70. The molecule has 0 radical (unpaired) electrons. The third-order valence-electron chi connectivity index (χ3n) is 3.40. The lowest BCUT2D eigenvalue weighted by atomic mass is 10.2. The van der Waals surface area contributed by atoms with Gasteiger partial charge in [-0.25, -0.2) is 4.79 Å². The van der Waals surface area contributed by atoms with E-state index in [1.165, 1.54) is 19.2 Å². The van der Waals surface area contributed by atoms with Crippen LogP contribution in [0, 0.1) is 0 Å². The maximum absolute atomic E-state index is 12.2. The first-order chi connectivity index (χ1) is 10.5. The molecule has 0 aliphatic carbocycles. The van der Waals surface area contributed by atoms with Crippen molar-refractivity contribution in [3.05, 3.63) is 60.0 Å². The van der Waals surface area contributed by atoms with Gasteiger partial charge in [0, 0.05) is 24.2 Å².